The number of nitrogens with one attached hydrogen (secondary N) is 1. The Morgan fingerprint density at radius 2 is 1.86 bits per heavy atom. The van der Waals surface area contributed by atoms with Gasteiger partial charge in [-0.25, -0.2) is 0 Å². The average molecular weight is 424 g/mol. The Morgan fingerprint density at radius 1 is 1.21 bits per heavy atom. The Labute approximate surface area is 177 Å². The number of rotatable bonds is 8. The summed E-state index contributed by atoms with van der Waals surface area (Å²) in [5.41, 5.74) is 0.340. The molecule has 0 radical (unpaired) electrons. The number of carbonyl (C=O) groups excluding carboxylic acids is 2. The minimum atomic E-state index is -1.45. The summed E-state index contributed by atoms with van der Waals surface area (Å²) >= 11 is 2.09. The topological polar surface area (TPSA) is 66.4 Å². The van der Waals surface area contributed by atoms with Crippen LogP contribution in [0, 0.1) is 11.3 Å². The molecule has 2 N–H and O–H groups in total. The number of anilines is 1. The number of aliphatic hydroxyl groups is 1. The van der Waals surface area contributed by atoms with E-state index in [1.54, 1.807) is 6.26 Å². The second kappa shape index (κ2) is 10.2. The molecule has 1 atom stereocenters. The Bertz CT molecular complexity index is 682. The molecule has 0 aromatic heterocycles. The van der Waals surface area contributed by atoms with Crippen molar-refractivity contribution in [2.24, 2.45) is 11.3 Å². The van der Waals surface area contributed by atoms with Crippen molar-refractivity contribution in [2.45, 2.75) is 75.5 Å². The van der Waals surface area contributed by atoms with Crippen molar-refractivity contribution in [2.75, 3.05) is 11.6 Å². The van der Waals surface area contributed by atoms with E-state index in [0.717, 1.165) is 62.0 Å². The maximum absolute atomic E-state index is 13.3. The summed E-state index contributed by atoms with van der Waals surface area (Å²) in [4.78, 5) is 25.0. The lowest BCUT2D eigenvalue weighted by atomic mass is 9.69. The number of amides is 1. The first kappa shape index (κ1) is 23.3. The molecule has 1 aromatic carbocycles. The van der Waals surface area contributed by atoms with Gasteiger partial charge >= 0.3 is 0 Å². The van der Waals surface area contributed by atoms with Crippen LogP contribution in [0.3, 0.4) is 0 Å². The molecule has 1 saturated carbocycles. The third-order valence-electron chi connectivity index (χ3n) is 5.61. The van der Waals surface area contributed by atoms with E-state index in [1.807, 2.05) is 24.3 Å². The molecule has 1 aliphatic carbocycles. The van der Waals surface area contributed by atoms with Gasteiger partial charge in [0.1, 0.15) is 0 Å². The molecular formula is C22H33NO3S2. The van der Waals surface area contributed by atoms with Crippen LogP contribution in [0.25, 0.3) is 0 Å². The number of carbonyl (C=O) groups is 2. The summed E-state index contributed by atoms with van der Waals surface area (Å²) < 4.78 is 0. The molecule has 28 heavy (non-hydrogen) atoms. The van der Waals surface area contributed by atoms with E-state index in [4.69, 9.17) is 0 Å². The van der Waals surface area contributed by atoms with Crippen LogP contribution in [-0.2, 0) is 9.59 Å². The standard InChI is InChI=1S/C22H33NO3S2/c1-16(2)12-15-22(13-8-5-9-14-22)19(24)23-17-10-6-7-11-18(17)28-20(25)21(3,26)27-4/h6-7,10-11,16,26H,5,8-9,12-15H2,1-4H3,(H,23,24). The zero-order chi connectivity index (χ0) is 20.8. The molecule has 1 aromatic rings. The first-order valence-electron chi connectivity index (χ1n) is 10.1. The van der Waals surface area contributed by atoms with Crippen molar-refractivity contribution in [3.63, 3.8) is 0 Å². The molecule has 2 rings (SSSR count). The van der Waals surface area contributed by atoms with Crippen molar-refractivity contribution in [3.05, 3.63) is 24.3 Å². The van der Waals surface area contributed by atoms with Gasteiger partial charge in [0.15, 0.2) is 4.93 Å². The molecule has 4 nitrogen and oxygen atoms in total. The average Bonchev–Trinajstić information content (AvgIpc) is 2.68. The third-order valence-corrected chi connectivity index (χ3v) is 7.88. The van der Waals surface area contributed by atoms with Crippen LogP contribution < -0.4 is 5.32 Å². The van der Waals surface area contributed by atoms with Crippen molar-refractivity contribution in [3.8, 4) is 0 Å². The Hall–Kier alpha value is -0.980. The molecule has 1 unspecified atom stereocenters. The highest BCUT2D eigenvalue weighted by Crippen LogP contribution is 2.43. The normalized spacial score (nSPS) is 18.5. The second-order valence-electron chi connectivity index (χ2n) is 8.30. The number of hydrogen-bond acceptors (Lipinski definition) is 5. The summed E-state index contributed by atoms with van der Waals surface area (Å²) in [6.07, 6.45) is 8.90. The Kier molecular flexibility index (Phi) is 8.46. The lowest BCUT2D eigenvalue weighted by Gasteiger charge is -2.36. The van der Waals surface area contributed by atoms with Gasteiger partial charge in [-0.05, 0) is 68.7 Å². The smallest absolute Gasteiger partial charge is 0.235 e. The minimum absolute atomic E-state index is 0.0741. The zero-order valence-electron chi connectivity index (χ0n) is 17.4. The summed E-state index contributed by atoms with van der Waals surface area (Å²) in [6, 6.07) is 7.35. The summed E-state index contributed by atoms with van der Waals surface area (Å²) in [7, 11) is 0. The molecule has 0 heterocycles. The van der Waals surface area contributed by atoms with Gasteiger partial charge in [0.05, 0.1) is 5.69 Å². The minimum Gasteiger partial charge on any atom is -0.372 e. The lowest BCUT2D eigenvalue weighted by Crippen LogP contribution is -2.38. The molecule has 156 valence electrons. The first-order chi connectivity index (χ1) is 13.2. The highest BCUT2D eigenvalue weighted by Gasteiger charge is 2.39. The molecule has 1 amide bonds. The molecule has 0 aliphatic heterocycles. The number of benzene rings is 1. The van der Waals surface area contributed by atoms with E-state index in [0.29, 0.717) is 16.5 Å². The van der Waals surface area contributed by atoms with E-state index in [9.17, 15) is 14.7 Å². The largest absolute Gasteiger partial charge is 0.372 e. The Balaban J connectivity index is 2.19. The zero-order valence-corrected chi connectivity index (χ0v) is 19.0. The fourth-order valence-corrected chi connectivity index (χ4v) is 4.88. The number of para-hydroxylation sites is 1. The fraction of sp³-hybridized carbons (Fsp3) is 0.636. The summed E-state index contributed by atoms with van der Waals surface area (Å²) in [5, 5.41) is 13.0. The third kappa shape index (κ3) is 6.01. The van der Waals surface area contributed by atoms with Gasteiger partial charge in [-0.3, -0.25) is 9.59 Å². The molecular weight excluding hydrogens is 390 g/mol. The molecule has 1 aliphatic rings. The van der Waals surface area contributed by atoms with Gasteiger partial charge < -0.3 is 10.4 Å². The molecule has 0 spiro atoms. The van der Waals surface area contributed by atoms with Crippen molar-refractivity contribution < 1.29 is 14.7 Å². The van der Waals surface area contributed by atoms with Crippen molar-refractivity contribution in [1.82, 2.24) is 0 Å². The van der Waals surface area contributed by atoms with E-state index in [1.165, 1.54) is 13.3 Å². The second-order valence-corrected chi connectivity index (χ2v) is 10.5. The summed E-state index contributed by atoms with van der Waals surface area (Å²) in [6.45, 7) is 5.89. The molecule has 0 saturated heterocycles. The van der Waals surface area contributed by atoms with Gasteiger partial charge in [0, 0.05) is 10.3 Å². The highest BCUT2D eigenvalue weighted by molar-refractivity contribution is 8.16. The number of hydrogen-bond donors (Lipinski definition) is 2. The van der Waals surface area contributed by atoms with Crippen LogP contribution in [0.5, 0.6) is 0 Å². The first-order valence-corrected chi connectivity index (χ1v) is 12.1. The highest BCUT2D eigenvalue weighted by atomic mass is 32.2. The maximum atomic E-state index is 13.3. The van der Waals surface area contributed by atoms with Crippen LogP contribution in [-0.4, -0.2) is 27.3 Å². The van der Waals surface area contributed by atoms with Crippen molar-refractivity contribution >= 4 is 40.2 Å². The maximum Gasteiger partial charge on any atom is 0.235 e. The van der Waals surface area contributed by atoms with Crippen LogP contribution >= 0.6 is 23.5 Å². The fourth-order valence-electron chi connectivity index (χ4n) is 3.58. The van der Waals surface area contributed by atoms with Gasteiger partial charge in [-0.1, -0.05) is 45.2 Å². The predicted octanol–water partition coefficient (Wildman–Crippen LogP) is 5.70. The van der Waals surface area contributed by atoms with Gasteiger partial charge in [0.2, 0.25) is 11.0 Å². The van der Waals surface area contributed by atoms with Gasteiger partial charge in [0.25, 0.3) is 0 Å². The molecule has 6 heteroatoms. The van der Waals surface area contributed by atoms with Crippen LogP contribution in [0.15, 0.2) is 29.2 Å². The van der Waals surface area contributed by atoms with Crippen LogP contribution in [0.1, 0.15) is 65.7 Å². The summed E-state index contributed by atoms with van der Waals surface area (Å²) in [5.74, 6) is 0.644. The van der Waals surface area contributed by atoms with E-state index >= 15 is 0 Å². The monoisotopic (exact) mass is 423 g/mol. The van der Waals surface area contributed by atoms with E-state index in [2.05, 4.69) is 19.2 Å². The number of thioether (sulfide) groups is 2. The van der Waals surface area contributed by atoms with Crippen molar-refractivity contribution in [1.29, 1.82) is 0 Å². The van der Waals surface area contributed by atoms with E-state index in [-0.39, 0.29) is 16.4 Å². The van der Waals surface area contributed by atoms with Crippen LogP contribution in [0.4, 0.5) is 5.69 Å². The molecule has 0 bridgehead atoms. The van der Waals surface area contributed by atoms with E-state index < -0.39 is 4.93 Å². The predicted molar refractivity (Wildman–Crippen MR) is 120 cm³/mol. The quantitative estimate of drug-likeness (QED) is 0.414. The van der Waals surface area contributed by atoms with Gasteiger partial charge in [-0.2, -0.15) is 0 Å². The molecule has 1 fully saturated rings. The SMILES string of the molecule is CSC(C)(O)C(=O)Sc1ccccc1NC(=O)C1(CCC(C)C)CCCCC1. The van der Waals surface area contributed by atoms with Crippen LogP contribution in [0.2, 0.25) is 0 Å². The Morgan fingerprint density at radius 3 is 2.46 bits per heavy atom. The van der Waals surface area contributed by atoms with Gasteiger partial charge in [-0.15, -0.1) is 11.8 Å². The lowest BCUT2D eigenvalue weighted by molar-refractivity contribution is -0.128.